The van der Waals surface area contributed by atoms with Crippen LogP contribution in [-0.2, 0) is 0 Å². The van der Waals surface area contributed by atoms with Crippen molar-refractivity contribution in [1.82, 2.24) is 14.4 Å². The van der Waals surface area contributed by atoms with Crippen molar-refractivity contribution in [3.63, 3.8) is 0 Å². The fourth-order valence-electron chi connectivity index (χ4n) is 1.70. The molecule has 0 aliphatic heterocycles. The minimum absolute atomic E-state index is 0.205. The first-order valence-electron chi connectivity index (χ1n) is 6.19. The van der Waals surface area contributed by atoms with Gasteiger partial charge >= 0.3 is 0 Å². The summed E-state index contributed by atoms with van der Waals surface area (Å²) >= 11 is 0. The molecule has 0 saturated heterocycles. The summed E-state index contributed by atoms with van der Waals surface area (Å²) in [7, 11) is 0. The number of rotatable bonds is 6. The van der Waals surface area contributed by atoms with Crippen molar-refractivity contribution in [2.45, 2.75) is 19.4 Å². The number of hydrogen-bond donors (Lipinski definition) is 4. The number of nitrogens with zero attached hydrogens (tertiary/aromatic N) is 3. The Labute approximate surface area is 111 Å². The minimum atomic E-state index is -0.843. The van der Waals surface area contributed by atoms with Gasteiger partial charge in [0.15, 0.2) is 11.5 Å². The van der Waals surface area contributed by atoms with E-state index < -0.39 is 5.54 Å². The van der Waals surface area contributed by atoms with Gasteiger partial charge < -0.3 is 25.2 Å². The summed E-state index contributed by atoms with van der Waals surface area (Å²) in [5.41, 5.74) is -0.195. The standard InChI is InChI=1S/C12H19N5O2/c1-3-13-9-6-17-5-4-14-11(17)10(15-9)16-12(2,7-18)8-19/h4-6,13,18-19H,3,7-8H2,1-2H3,(H,15,16). The monoisotopic (exact) mass is 265 g/mol. The predicted molar refractivity (Wildman–Crippen MR) is 73.4 cm³/mol. The molecule has 2 aromatic heterocycles. The molecule has 0 bridgehead atoms. The third-order valence-electron chi connectivity index (χ3n) is 2.85. The second-order valence-electron chi connectivity index (χ2n) is 4.67. The van der Waals surface area contributed by atoms with Gasteiger partial charge in [-0.25, -0.2) is 9.97 Å². The van der Waals surface area contributed by atoms with Crippen LogP contribution in [-0.4, -0.2) is 49.9 Å². The summed E-state index contributed by atoms with van der Waals surface area (Å²) in [5.74, 6) is 1.22. The van der Waals surface area contributed by atoms with Crippen molar-refractivity contribution in [3.05, 3.63) is 18.6 Å². The summed E-state index contributed by atoms with van der Waals surface area (Å²) in [6, 6.07) is 0. The van der Waals surface area contributed by atoms with Crippen LogP contribution < -0.4 is 10.6 Å². The van der Waals surface area contributed by atoms with E-state index in [1.165, 1.54) is 0 Å². The molecule has 0 aromatic carbocycles. The van der Waals surface area contributed by atoms with Gasteiger partial charge in [0.25, 0.3) is 0 Å². The highest BCUT2D eigenvalue weighted by atomic mass is 16.3. The van der Waals surface area contributed by atoms with Crippen molar-refractivity contribution >= 4 is 17.3 Å². The Morgan fingerprint density at radius 3 is 2.74 bits per heavy atom. The fourth-order valence-corrected chi connectivity index (χ4v) is 1.70. The van der Waals surface area contributed by atoms with Crippen LogP contribution in [0.2, 0.25) is 0 Å². The summed E-state index contributed by atoms with van der Waals surface area (Å²) in [6.07, 6.45) is 5.33. The van der Waals surface area contributed by atoms with Gasteiger partial charge in [-0.2, -0.15) is 0 Å². The molecule has 0 aliphatic carbocycles. The number of nitrogens with one attached hydrogen (secondary N) is 2. The maximum atomic E-state index is 9.35. The number of aliphatic hydroxyl groups excluding tert-OH is 2. The lowest BCUT2D eigenvalue weighted by Crippen LogP contribution is -2.43. The second kappa shape index (κ2) is 5.41. The number of imidazole rings is 1. The number of aliphatic hydroxyl groups is 2. The lowest BCUT2D eigenvalue weighted by atomic mass is 10.1. The molecule has 7 nitrogen and oxygen atoms in total. The minimum Gasteiger partial charge on any atom is -0.394 e. The molecule has 0 unspecified atom stereocenters. The van der Waals surface area contributed by atoms with E-state index in [1.54, 1.807) is 13.1 Å². The Kier molecular flexibility index (Phi) is 3.87. The highest BCUT2D eigenvalue weighted by Crippen LogP contribution is 2.20. The summed E-state index contributed by atoms with van der Waals surface area (Å²) in [5, 5.41) is 24.9. The Morgan fingerprint density at radius 1 is 1.37 bits per heavy atom. The first-order valence-corrected chi connectivity index (χ1v) is 6.19. The van der Waals surface area contributed by atoms with E-state index in [4.69, 9.17) is 0 Å². The molecule has 104 valence electrons. The third kappa shape index (κ3) is 2.77. The molecule has 2 aromatic rings. The lowest BCUT2D eigenvalue weighted by molar-refractivity contribution is 0.147. The number of aromatic nitrogens is 3. The van der Waals surface area contributed by atoms with Gasteiger partial charge in [0.1, 0.15) is 5.82 Å². The molecule has 0 spiro atoms. The Morgan fingerprint density at radius 2 is 2.11 bits per heavy atom. The highest BCUT2D eigenvalue weighted by Gasteiger charge is 2.24. The van der Waals surface area contributed by atoms with E-state index in [0.29, 0.717) is 17.3 Å². The number of anilines is 2. The molecule has 0 atom stereocenters. The average molecular weight is 265 g/mol. The Balaban J connectivity index is 2.42. The van der Waals surface area contributed by atoms with Gasteiger partial charge in [0.05, 0.1) is 24.9 Å². The molecule has 7 heteroatoms. The van der Waals surface area contributed by atoms with Crippen LogP contribution >= 0.6 is 0 Å². The third-order valence-corrected chi connectivity index (χ3v) is 2.85. The maximum absolute atomic E-state index is 9.35. The van der Waals surface area contributed by atoms with Crippen molar-refractivity contribution < 1.29 is 10.2 Å². The smallest absolute Gasteiger partial charge is 0.180 e. The number of fused-ring (bicyclic) bond motifs is 1. The van der Waals surface area contributed by atoms with E-state index in [9.17, 15) is 10.2 Å². The first-order chi connectivity index (χ1) is 9.11. The summed E-state index contributed by atoms with van der Waals surface area (Å²) in [6.45, 7) is 4.05. The van der Waals surface area contributed by atoms with Gasteiger partial charge in [-0.15, -0.1) is 0 Å². The maximum Gasteiger partial charge on any atom is 0.180 e. The Bertz CT molecular complexity index is 550. The fraction of sp³-hybridized carbons (Fsp3) is 0.500. The van der Waals surface area contributed by atoms with Crippen molar-refractivity contribution in [1.29, 1.82) is 0 Å². The molecule has 0 fully saturated rings. The molecular formula is C12H19N5O2. The van der Waals surface area contributed by atoms with Gasteiger partial charge in [0, 0.05) is 18.9 Å². The van der Waals surface area contributed by atoms with E-state index in [0.717, 1.165) is 6.54 Å². The van der Waals surface area contributed by atoms with Crippen LogP contribution in [0.3, 0.4) is 0 Å². The molecule has 0 saturated carbocycles. The van der Waals surface area contributed by atoms with Crippen LogP contribution in [0.15, 0.2) is 18.6 Å². The zero-order chi connectivity index (χ0) is 13.9. The van der Waals surface area contributed by atoms with Crippen molar-refractivity contribution in [2.75, 3.05) is 30.4 Å². The van der Waals surface area contributed by atoms with Crippen molar-refractivity contribution in [3.8, 4) is 0 Å². The van der Waals surface area contributed by atoms with Gasteiger partial charge in [-0.05, 0) is 13.8 Å². The van der Waals surface area contributed by atoms with Crippen LogP contribution in [0.1, 0.15) is 13.8 Å². The zero-order valence-corrected chi connectivity index (χ0v) is 11.1. The Hall–Kier alpha value is -1.86. The summed E-state index contributed by atoms with van der Waals surface area (Å²) in [4.78, 5) is 8.64. The molecular weight excluding hydrogens is 246 g/mol. The quantitative estimate of drug-likeness (QED) is 0.601. The van der Waals surface area contributed by atoms with E-state index >= 15 is 0 Å². The van der Waals surface area contributed by atoms with Crippen LogP contribution in [0.4, 0.5) is 11.6 Å². The molecule has 4 N–H and O–H groups in total. The van der Waals surface area contributed by atoms with E-state index in [-0.39, 0.29) is 13.2 Å². The summed E-state index contributed by atoms with van der Waals surface area (Å²) < 4.78 is 1.84. The molecule has 2 rings (SSSR count). The lowest BCUT2D eigenvalue weighted by Gasteiger charge is -2.27. The van der Waals surface area contributed by atoms with Crippen molar-refractivity contribution in [2.24, 2.45) is 0 Å². The van der Waals surface area contributed by atoms with Crippen LogP contribution in [0.5, 0.6) is 0 Å². The van der Waals surface area contributed by atoms with Gasteiger partial charge in [-0.3, -0.25) is 0 Å². The van der Waals surface area contributed by atoms with E-state index in [2.05, 4.69) is 20.6 Å². The normalized spacial score (nSPS) is 11.8. The zero-order valence-electron chi connectivity index (χ0n) is 11.1. The van der Waals surface area contributed by atoms with Crippen LogP contribution in [0.25, 0.3) is 5.65 Å². The second-order valence-corrected chi connectivity index (χ2v) is 4.67. The number of hydrogen-bond acceptors (Lipinski definition) is 6. The van der Waals surface area contributed by atoms with Gasteiger partial charge in [0.2, 0.25) is 0 Å². The molecule has 0 radical (unpaired) electrons. The van der Waals surface area contributed by atoms with Gasteiger partial charge in [-0.1, -0.05) is 0 Å². The largest absolute Gasteiger partial charge is 0.394 e. The average Bonchev–Trinajstić information content (AvgIpc) is 2.87. The predicted octanol–water partition coefficient (Wildman–Crippen LogP) is 0.316. The molecule has 2 heterocycles. The first kappa shape index (κ1) is 13.6. The SMILES string of the molecule is CCNc1cn2ccnc2c(NC(C)(CO)CO)n1. The highest BCUT2D eigenvalue weighted by molar-refractivity contribution is 5.66. The molecule has 19 heavy (non-hydrogen) atoms. The molecule has 0 amide bonds. The van der Waals surface area contributed by atoms with Crippen LogP contribution in [0, 0.1) is 0 Å². The van der Waals surface area contributed by atoms with E-state index in [1.807, 2.05) is 23.7 Å². The topological polar surface area (TPSA) is 94.7 Å². The molecule has 0 aliphatic rings.